The zero-order valence-electron chi connectivity index (χ0n) is 10.6. The Kier molecular flexibility index (Phi) is 4.13. The van der Waals surface area contributed by atoms with Gasteiger partial charge in [0.1, 0.15) is 5.78 Å². The summed E-state index contributed by atoms with van der Waals surface area (Å²) in [6.45, 7) is 2.20. The van der Waals surface area contributed by atoms with Crippen molar-refractivity contribution in [3.05, 3.63) is 35.9 Å². The van der Waals surface area contributed by atoms with Crippen LogP contribution in [0.5, 0.6) is 0 Å². The minimum absolute atomic E-state index is 0.0218. The second kappa shape index (κ2) is 5.80. The van der Waals surface area contributed by atoms with Gasteiger partial charge in [0.15, 0.2) is 0 Å². The summed E-state index contributed by atoms with van der Waals surface area (Å²) in [5, 5.41) is 0. The smallest absolute Gasteiger partial charge is 0.309 e. The highest BCUT2D eigenvalue weighted by molar-refractivity contribution is 5.84. The quantitative estimate of drug-likeness (QED) is 0.770. The van der Waals surface area contributed by atoms with Crippen LogP contribution in [0.2, 0.25) is 0 Å². The van der Waals surface area contributed by atoms with Gasteiger partial charge in [-0.15, -0.1) is 0 Å². The van der Waals surface area contributed by atoms with E-state index in [9.17, 15) is 9.59 Å². The lowest BCUT2D eigenvalue weighted by Crippen LogP contribution is -2.30. The first kappa shape index (κ1) is 12.8. The number of esters is 1. The monoisotopic (exact) mass is 246 g/mol. The van der Waals surface area contributed by atoms with Crippen LogP contribution in [0.4, 0.5) is 0 Å². The van der Waals surface area contributed by atoms with E-state index in [4.69, 9.17) is 4.74 Å². The summed E-state index contributed by atoms with van der Waals surface area (Å²) in [5.74, 6) is -0.125. The standard InChI is InChI=1S/C15H18O3/c1-2-18-15(17)13-9-8-12(16)10-14(13)11-6-4-3-5-7-11/h3-7,13-14H,2,8-10H2,1H3/t13-,14-/m0/s1. The molecule has 0 spiro atoms. The zero-order chi connectivity index (χ0) is 13.0. The number of carbonyl (C=O) groups excluding carboxylic acids is 2. The van der Waals surface area contributed by atoms with Crippen LogP contribution in [0.15, 0.2) is 30.3 Å². The van der Waals surface area contributed by atoms with E-state index < -0.39 is 0 Å². The summed E-state index contributed by atoms with van der Waals surface area (Å²) in [6, 6.07) is 9.78. The number of rotatable bonds is 3. The van der Waals surface area contributed by atoms with Crippen LogP contribution >= 0.6 is 0 Å². The maximum absolute atomic E-state index is 12.0. The van der Waals surface area contributed by atoms with Crippen molar-refractivity contribution in [2.45, 2.75) is 32.1 Å². The summed E-state index contributed by atoms with van der Waals surface area (Å²) in [4.78, 5) is 23.6. The van der Waals surface area contributed by atoms with Crippen molar-refractivity contribution in [3.63, 3.8) is 0 Å². The fraction of sp³-hybridized carbons (Fsp3) is 0.467. The average Bonchev–Trinajstić information content (AvgIpc) is 2.40. The number of hydrogen-bond acceptors (Lipinski definition) is 3. The van der Waals surface area contributed by atoms with Gasteiger partial charge in [0.25, 0.3) is 0 Å². The maximum atomic E-state index is 12.0. The molecule has 0 aliphatic heterocycles. The highest BCUT2D eigenvalue weighted by atomic mass is 16.5. The summed E-state index contributed by atoms with van der Waals surface area (Å²) in [7, 11) is 0. The van der Waals surface area contributed by atoms with Crippen LogP contribution in [-0.4, -0.2) is 18.4 Å². The van der Waals surface area contributed by atoms with Gasteiger partial charge < -0.3 is 4.74 Å². The van der Waals surface area contributed by atoms with Gasteiger partial charge in [-0.2, -0.15) is 0 Å². The third-order valence-electron chi connectivity index (χ3n) is 3.48. The lowest BCUT2D eigenvalue weighted by Gasteiger charge is -2.29. The Bertz CT molecular complexity index is 425. The summed E-state index contributed by atoms with van der Waals surface area (Å²) in [5.41, 5.74) is 1.06. The molecule has 0 saturated heterocycles. The van der Waals surface area contributed by atoms with Crippen molar-refractivity contribution < 1.29 is 14.3 Å². The van der Waals surface area contributed by atoms with E-state index in [2.05, 4.69) is 0 Å². The molecule has 3 heteroatoms. The zero-order valence-corrected chi connectivity index (χ0v) is 10.6. The molecule has 0 radical (unpaired) electrons. The van der Waals surface area contributed by atoms with Crippen molar-refractivity contribution >= 4 is 11.8 Å². The third-order valence-corrected chi connectivity index (χ3v) is 3.48. The van der Waals surface area contributed by atoms with Gasteiger partial charge in [0.2, 0.25) is 0 Å². The van der Waals surface area contributed by atoms with E-state index in [1.807, 2.05) is 37.3 Å². The molecule has 1 aliphatic carbocycles. The first-order valence-electron chi connectivity index (χ1n) is 6.45. The van der Waals surface area contributed by atoms with Crippen molar-refractivity contribution in [2.24, 2.45) is 5.92 Å². The van der Waals surface area contributed by atoms with Gasteiger partial charge in [-0.1, -0.05) is 30.3 Å². The second-order valence-corrected chi connectivity index (χ2v) is 4.66. The van der Waals surface area contributed by atoms with Gasteiger partial charge in [0, 0.05) is 18.8 Å². The molecule has 18 heavy (non-hydrogen) atoms. The van der Waals surface area contributed by atoms with Crippen LogP contribution in [0.1, 0.15) is 37.7 Å². The Balaban J connectivity index is 2.21. The topological polar surface area (TPSA) is 43.4 Å². The molecule has 0 aromatic heterocycles. The number of ether oxygens (including phenoxy) is 1. The van der Waals surface area contributed by atoms with Crippen LogP contribution < -0.4 is 0 Å². The number of benzene rings is 1. The first-order valence-corrected chi connectivity index (χ1v) is 6.45. The Morgan fingerprint density at radius 1 is 1.33 bits per heavy atom. The molecule has 2 rings (SSSR count). The van der Waals surface area contributed by atoms with Crippen LogP contribution in [0, 0.1) is 5.92 Å². The van der Waals surface area contributed by atoms with Crippen LogP contribution in [-0.2, 0) is 14.3 Å². The summed E-state index contributed by atoms with van der Waals surface area (Å²) >= 11 is 0. The van der Waals surface area contributed by atoms with E-state index in [1.54, 1.807) is 0 Å². The van der Waals surface area contributed by atoms with Crippen molar-refractivity contribution in [2.75, 3.05) is 6.61 Å². The molecule has 0 amide bonds. The molecule has 1 aromatic carbocycles. The fourth-order valence-corrected chi connectivity index (χ4v) is 2.59. The van der Waals surface area contributed by atoms with E-state index in [0.717, 1.165) is 5.56 Å². The van der Waals surface area contributed by atoms with Gasteiger partial charge in [-0.3, -0.25) is 9.59 Å². The molecule has 0 unspecified atom stereocenters. The lowest BCUT2D eigenvalue weighted by molar-refractivity contribution is -0.150. The van der Waals surface area contributed by atoms with Crippen molar-refractivity contribution in [1.29, 1.82) is 0 Å². The second-order valence-electron chi connectivity index (χ2n) is 4.66. The Labute approximate surface area is 107 Å². The molecule has 1 fully saturated rings. The summed E-state index contributed by atoms with van der Waals surface area (Å²) in [6.07, 6.45) is 1.55. The molecule has 1 saturated carbocycles. The van der Waals surface area contributed by atoms with Crippen molar-refractivity contribution in [1.82, 2.24) is 0 Å². The van der Waals surface area contributed by atoms with E-state index in [-0.39, 0.29) is 23.6 Å². The number of carbonyl (C=O) groups is 2. The molecule has 2 atom stereocenters. The molecule has 0 heterocycles. The minimum Gasteiger partial charge on any atom is -0.466 e. The maximum Gasteiger partial charge on any atom is 0.309 e. The minimum atomic E-state index is -0.176. The molecule has 3 nitrogen and oxygen atoms in total. The Hall–Kier alpha value is -1.64. The van der Waals surface area contributed by atoms with E-state index in [0.29, 0.717) is 25.9 Å². The molecule has 96 valence electrons. The largest absolute Gasteiger partial charge is 0.466 e. The third kappa shape index (κ3) is 2.78. The SMILES string of the molecule is CCOC(=O)[C@H]1CCC(=O)C[C@H]1c1ccccc1. The van der Waals surface area contributed by atoms with E-state index in [1.165, 1.54) is 0 Å². The molecule has 0 bridgehead atoms. The van der Waals surface area contributed by atoms with Gasteiger partial charge in [0.05, 0.1) is 12.5 Å². The molecular weight excluding hydrogens is 228 g/mol. The fourth-order valence-electron chi connectivity index (χ4n) is 2.59. The Morgan fingerprint density at radius 2 is 2.06 bits per heavy atom. The Morgan fingerprint density at radius 3 is 2.72 bits per heavy atom. The predicted molar refractivity (Wildman–Crippen MR) is 68.2 cm³/mol. The lowest BCUT2D eigenvalue weighted by atomic mass is 9.75. The number of Topliss-reactive ketones (excluding diaryl/α,β-unsaturated/α-hetero) is 1. The molecule has 1 aliphatic rings. The summed E-state index contributed by atoms with van der Waals surface area (Å²) < 4.78 is 5.12. The van der Waals surface area contributed by atoms with Crippen LogP contribution in [0.3, 0.4) is 0 Å². The average molecular weight is 246 g/mol. The van der Waals surface area contributed by atoms with Crippen molar-refractivity contribution in [3.8, 4) is 0 Å². The number of hydrogen-bond donors (Lipinski definition) is 0. The van der Waals surface area contributed by atoms with Gasteiger partial charge >= 0.3 is 5.97 Å². The van der Waals surface area contributed by atoms with Crippen LogP contribution in [0.25, 0.3) is 0 Å². The number of ketones is 1. The highest BCUT2D eigenvalue weighted by Crippen LogP contribution is 2.36. The first-order chi connectivity index (χ1) is 8.72. The highest BCUT2D eigenvalue weighted by Gasteiger charge is 2.35. The van der Waals surface area contributed by atoms with E-state index >= 15 is 0 Å². The normalized spacial score (nSPS) is 23.7. The molecule has 0 N–H and O–H groups in total. The predicted octanol–water partition coefficient (Wildman–Crippen LogP) is 2.70. The molecular formula is C15H18O3. The van der Waals surface area contributed by atoms with Gasteiger partial charge in [-0.25, -0.2) is 0 Å². The molecule has 1 aromatic rings. The van der Waals surface area contributed by atoms with Gasteiger partial charge in [-0.05, 0) is 18.9 Å².